The second-order valence-electron chi connectivity index (χ2n) is 9.23. The highest BCUT2D eigenvalue weighted by atomic mass is 35.5. The Hall–Kier alpha value is -3.66. The Kier molecular flexibility index (Phi) is 6.43. The average molecular weight is 553 g/mol. The van der Waals surface area contributed by atoms with E-state index in [-0.39, 0.29) is 17.4 Å². The molecule has 8 nitrogen and oxygen atoms in total. The Morgan fingerprint density at radius 1 is 1.05 bits per heavy atom. The molecule has 0 unspecified atom stereocenters. The number of piperazine rings is 1. The monoisotopic (exact) mass is 552 g/mol. The molecule has 4 heterocycles. The number of anilines is 2. The summed E-state index contributed by atoms with van der Waals surface area (Å²) < 4.78 is 17.0. The summed E-state index contributed by atoms with van der Waals surface area (Å²) in [4.78, 5) is 32.1. The maximum atomic E-state index is 15.0. The van der Waals surface area contributed by atoms with Gasteiger partial charge in [0.25, 0.3) is 11.8 Å². The van der Waals surface area contributed by atoms with E-state index in [2.05, 4.69) is 15.6 Å². The molecule has 0 saturated carbocycles. The van der Waals surface area contributed by atoms with Gasteiger partial charge in [0.15, 0.2) is 10.6 Å². The molecule has 4 aromatic rings. The van der Waals surface area contributed by atoms with Gasteiger partial charge in [-0.15, -0.1) is 0 Å². The second kappa shape index (κ2) is 9.90. The molecule has 0 spiro atoms. The normalized spacial score (nSPS) is 15.7. The summed E-state index contributed by atoms with van der Waals surface area (Å²) in [6.07, 6.45) is 3.55. The van der Waals surface area contributed by atoms with E-state index in [4.69, 9.17) is 23.2 Å². The lowest BCUT2D eigenvalue weighted by molar-refractivity contribution is 0.0641. The molecule has 1 saturated heterocycles. The molecule has 0 atom stereocenters. The Bertz CT molecular complexity index is 1560. The fraction of sp³-hybridized carbons (Fsp3) is 0.222. The van der Waals surface area contributed by atoms with Crippen molar-refractivity contribution in [3.63, 3.8) is 0 Å². The van der Waals surface area contributed by atoms with Gasteiger partial charge in [-0.2, -0.15) is 0 Å². The highest BCUT2D eigenvalue weighted by Crippen LogP contribution is 2.30. The van der Waals surface area contributed by atoms with E-state index in [0.29, 0.717) is 55.3 Å². The van der Waals surface area contributed by atoms with E-state index in [1.54, 1.807) is 17.2 Å². The highest BCUT2D eigenvalue weighted by Gasteiger charge is 2.26. The van der Waals surface area contributed by atoms with Crippen LogP contribution in [0.4, 0.5) is 15.8 Å². The van der Waals surface area contributed by atoms with Crippen molar-refractivity contribution in [3.8, 4) is 11.3 Å². The fourth-order valence-electron chi connectivity index (χ4n) is 4.95. The maximum absolute atomic E-state index is 15.0. The molecule has 2 amide bonds. The predicted octanol–water partition coefficient (Wildman–Crippen LogP) is 4.65. The van der Waals surface area contributed by atoms with Crippen LogP contribution in [0.15, 0.2) is 60.9 Å². The van der Waals surface area contributed by atoms with E-state index in [0.717, 1.165) is 16.8 Å². The fourth-order valence-corrected chi connectivity index (χ4v) is 5.34. The molecule has 0 bridgehead atoms. The molecule has 194 valence electrons. The summed E-state index contributed by atoms with van der Waals surface area (Å²) >= 11 is 11.8. The topological polar surface area (TPSA) is 82.0 Å². The first-order chi connectivity index (χ1) is 18.4. The van der Waals surface area contributed by atoms with Crippen molar-refractivity contribution in [2.75, 3.05) is 31.5 Å². The van der Waals surface area contributed by atoms with E-state index in [9.17, 15) is 9.59 Å². The first-order valence-electron chi connectivity index (χ1n) is 12.1. The Labute approximate surface area is 228 Å². The lowest BCUT2D eigenvalue weighted by Gasteiger charge is -2.35. The highest BCUT2D eigenvalue weighted by molar-refractivity contribution is 6.43. The lowest BCUT2D eigenvalue weighted by atomic mass is 10.0. The predicted molar refractivity (Wildman–Crippen MR) is 144 cm³/mol. The van der Waals surface area contributed by atoms with Crippen molar-refractivity contribution in [3.05, 3.63) is 83.4 Å². The number of imidazole rings is 1. The van der Waals surface area contributed by atoms with Crippen molar-refractivity contribution in [2.24, 2.45) is 0 Å². The quantitative estimate of drug-likeness (QED) is 0.278. The van der Waals surface area contributed by atoms with E-state index in [1.807, 2.05) is 45.8 Å². The van der Waals surface area contributed by atoms with Gasteiger partial charge in [0, 0.05) is 56.4 Å². The van der Waals surface area contributed by atoms with Crippen LogP contribution in [0.1, 0.15) is 26.3 Å². The number of nitrogens with one attached hydrogen (secondary N) is 2. The number of amides is 2. The first kappa shape index (κ1) is 24.7. The number of carbonyl (C=O) groups is 2. The number of fused-ring (bicyclic) bond motifs is 2. The van der Waals surface area contributed by atoms with Crippen LogP contribution >= 0.6 is 23.2 Å². The minimum Gasteiger partial charge on any atom is -0.352 e. The largest absolute Gasteiger partial charge is 0.352 e. The number of hydrogen-bond acceptors (Lipinski definition) is 5. The van der Waals surface area contributed by atoms with Crippen LogP contribution in [0.2, 0.25) is 0 Å². The van der Waals surface area contributed by atoms with Crippen molar-refractivity contribution in [1.29, 1.82) is 0 Å². The SMILES string of the molecule is O=C1NCc2cc(-c3ccc(Nc4ccc(C(=O)N5CCN(C(Cl)Cl)CC5)c(F)c4)c4nccn34)ccc21. The molecule has 0 aliphatic carbocycles. The smallest absolute Gasteiger partial charge is 0.256 e. The zero-order valence-corrected chi connectivity index (χ0v) is 21.6. The van der Waals surface area contributed by atoms with Crippen LogP contribution in [-0.4, -0.2) is 62.1 Å². The molecule has 6 rings (SSSR count). The minimum absolute atomic E-state index is 0.0168. The summed E-state index contributed by atoms with van der Waals surface area (Å²) in [6.45, 7) is 2.42. The van der Waals surface area contributed by atoms with Gasteiger partial charge < -0.3 is 15.5 Å². The summed E-state index contributed by atoms with van der Waals surface area (Å²) in [5.41, 5.74) is 5.37. The number of alkyl halides is 2. The molecule has 2 N–H and O–H groups in total. The van der Waals surface area contributed by atoms with Crippen LogP contribution in [0.5, 0.6) is 0 Å². The number of benzene rings is 2. The average Bonchev–Trinajstić information content (AvgIpc) is 3.56. The van der Waals surface area contributed by atoms with E-state index >= 15 is 4.39 Å². The Morgan fingerprint density at radius 2 is 1.87 bits per heavy atom. The number of carbonyl (C=O) groups excluding carboxylic acids is 2. The van der Waals surface area contributed by atoms with Crippen molar-refractivity contribution in [2.45, 2.75) is 11.5 Å². The molecule has 1 fully saturated rings. The van der Waals surface area contributed by atoms with Gasteiger partial charge >= 0.3 is 0 Å². The molecule has 38 heavy (non-hydrogen) atoms. The number of nitrogens with zero attached hydrogens (tertiary/aromatic N) is 4. The molecular formula is C27H23Cl2FN6O2. The number of aromatic nitrogens is 2. The molecule has 2 aromatic carbocycles. The second-order valence-corrected chi connectivity index (χ2v) is 10.3. The van der Waals surface area contributed by atoms with Gasteiger partial charge in [-0.25, -0.2) is 9.37 Å². The lowest BCUT2D eigenvalue weighted by Crippen LogP contribution is -2.49. The summed E-state index contributed by atoms with van der Waals surface area (Å²) in [6, 6.07) is 14.1. The summed E-state index contributed by atoms with van der Waals surface area (Å²) in [5, 5.41) is 6.06. The third kappa shape index (κ3) is 4.47. The minimum atomic E-state index is -0.624. The Balaban J connectivity index is 1.22. The molecule has 2 aliphatic rings. The number of rotatable bonds is 5. The van der Waals surface area contributed by atoms with Gasteiger partial charge in [-0.3, -0.25) is 18.9 Å². The molecular weight excluding hydrogens is 530 g/mol. The Morgan fingerprint density at radius 3 is 2.63 bits per heavy atom. The van der Waals surface area contributed by atoms with Gasteiger partial charge in [-0.05, 0) is 53.6 Å². The van der Waals surface area contributed by atoms with E-state index < -0.39 is 10.8 Å². The number of halogens is 3. The van der Waals surface area contributed by atoms with Crippen LogP contribution in [0.25, 0.3) is 16.9 Å². The standard InChI is InChI=1S/C27H23Cl2FN6O2/c28-27(29)35-11-9-34(10-12-35)26(38)20-4-2-18(14-21(20)30)33-22-5-6-23(36-8-7-31-24(22)36)16-1-3-19-17(13-16)15-32-25(19)37/h1-8,13-14,27,33H,9-12,15H2,(H,32,37). The third-order valence-electron chi connectivity index (χ3n) is 6.99. The molecule has 0 radical (unpaired) electrons. The van der Waals surface area contributed by atoms with Gasteiger partial charge in [0.2, 0.25) is 0 Å². The van der Waals surface area contributed by atoms with Crippen LogP contribution in [0.3, 0.4) is 0 Å². The van der Waals surface area contributed by atoms with Gasteiger partial charge in [0.05, 0.1) is 16.9 Å². The number of pyridine rings is 1. The van der Waals surface area contributed by atoms with Crippen molar-refractivity contribution in [1.82, 2.24) is 24.5 Å². The van der Waals surface area contributed by atoms with Gasteiger partial charge in [0.1, 0.15) is 5.82 Å². The summed E-state index contributed by atoms with van der Waals surface area (Å²) in [7, 11) is 0. The zero-order valence-electron chi connectivity index (χ0n) is 20.1. The van der Waals surface area contributed by atoms with Crippen LogP contribution in [0, 0.1) is 5.82 Å². The number of hydrogen-bond donors (Lipinski definition) is 2. The van der Waals surface area contributed by atoms with E-state index in [1.165, 1.54) is 12.1 Å². The van der Waals surface area contributed by atoms with Crippen molar-refractivity contribution >= 4 is 52.0 Å². The maximum Gasteiger partial charge on any atom is 0.256 e. The van der Waals surface area contributed by atoms with Crippen LogP contribution in [-0.2, 0) is 6.54 Å². The zero-order chi connectivity index (χ0) is 26.4. The van der Waals surface area contributed by atoms with Gasteiger partial charge in [-0.1, -0.05) is 29.3 Å². The summed E-state index contributed by atoms with van der Waals surface area (Å²) in [5.74, 6) is -1.02. The third-order valence-corrected chi connectivity index (χ3v) is 7.54. The first-order valence-corrected chi connectivity index (χ1v) is 13.0. The molecule has 2 aromatic heterocycles. The van der Waals surface area contributed by atoms with Crippen molar-refractivity contribution < 1.29 is 14.0 Å². The van der Waals surface area contributed by atoms with Crippen LogP contribution < -0.4 is 10.6 Å². The molecule has 2 aliphatic heterocycles. The molecule has 11 heteroatoms.